The number of amides is 1. The van der Waals surface area contributed by atoms with Gasteiger partial charge in [0, 0.05) is 16.8 Å². The minimum atomic E-state index is -0.0183. The van der Waals surface area contributed by atoms with E-state index in [2.05, 4.69) is 37.3 Å². The molecule has 0 saturated carbocycles. The van der Waals surface area contributed by atoms with Crippen LogP contribution in [0.5, 0.6) is 0 Å². The number of benzene rings is 1. The average Bonchev–Trinajstić information content (AvgIpc) is 3.02. The number of likely N-dealkylation sites (N-methyl/N-ethyl adjacent to an activating group) is 1. The Balaban J connectivity index is 1.87. The highest BCUT2D eigenvalue weighted by molar-refractivity contribution is 8.26. The predicted octanol–water partition coefficient (Wildman–Crippen LogP) is 4.55. The number of carbonyl (C=O) groups is 1. The molecular weight excluding hydrogens is 318 g/mol. The highest BCUT2D eigenvalue weighted by Gasteiger charge is 2.28. The van der Waals surface area contributed by atoms with Gasteiger partial charge in [-0.3, -0.25) is 9.69 Å². The molecule has 0 N–H and O–H groups in total. The predicted molar refractivity (Wildman–Crippen MR) is 95.4 cm³/mol. The van der Waals surface area contributed by atoms with E-state index in [1.165, 1.54) is 32.7 Å². The zero-order chi connectivity index (χ0) is 15.0. The second-order valence-electron chi connectivity index (χ2n) is 4.81. The molecule has 21 heavy (non-hydrogen) atoms. The molecule has 3 rings (SSSR count). The third-order valence-electron chi connectivity index (χ3n) is 3.22. The molecule has 1 fully saturated rings. The summed E-state index contributed by atoms with van der Waals surface area (Å²) in [7, 11) is 1.71. The second kappa shape index (κ2) is 5.75. The molecule has 0 aliphatic carbocycles. The van der Waals surface area contributed by atoms with E-state index < -0.39 is 0 Å². The monoisotopic (exact) mass is 331 g/mol. The molecule has 0 bridgehead atoms. The van der Waals surface area contributed by atoms with Crippen LogP contribution in [-0.4, -0.2) is 22.2 Å². The minimum Gasteiger partial charge on any atom is -0.296 e. The summed E-state index contributed by atoms with van der Waals surface area (Å²) in [5.41, 5.74) is 2.45. The van der Waals surface area contributed by atoms with Crippen molar-refractivity contribution in [1.82, 2.24) is 4.90 Å². The first-order valence-electron chi connectivity index (χ1n) is 6.43. The van der Waals surface area contributed by atoms with Gasteiger partial charge in [0.1, 0.15) is 4.32 Å². The Morgan fingerprint density at radius 2 is 1.86 bits per heavy atom. The van der Waals surface area contributed by atoms with Crippen LogP contribution in [0.25, 0.3) is 16.5 Å². The molecule has 1 saturated heterocycles. The lowest BCUT2D eigenvalue weighted by molar-refractivity contribution is -0.121. The normalized spacial score (nSPS) is 17.0. The molecule has 0 radical (unpaired) electrons. The molecule has 1 aliphatic heterocycles. The first kappa shape index (κ1) is 14.5. The third-order valence-corrected chi connectivity index (χ3v) is 5.79. The van der Waals surface area contributed by atoms with Gasteiger partial charge >= 0.3 is 0 Å². The van der Waals surface area contributed by atoms with E-state index in [0.29, 0.717) is 9.23 Å². The number of aryl methyl sites for hydroxylation is 1. The fourth-order valence-electron chi connectivity index (χ4n) is 1.98. The van der Waals surface area contributed by atoms with E-state index in [4.69, 9.17) is 12.2 Å². The van der Waals surface area contributed by atoms with Gasteiger partial charge in [-0.25, -0.2) is 0 Å². The summed E-state index contributed by atoms with van der Waals surface area (Å²) in [5.74, 6) is -0.0183. The molecule has 2 heterocycles. The van der Waals surface area contributed by atoms with Crippen molar-refractivity contribution in [3.8, 4) is 10.4 Å². The molecule has 1 amide bonds. The van der Waals surface area contributed by atoms with Gasteiger partial charge < -0.3 is 0 Å². The lowest BCUT2D eigenvalue weighted by Gasteiger charge is -2.03. The Labute approximate surface area is 137 Å². The molecule has 2 aromatic rings. The molecule has 2 nitrogen and oxygen atoms in total. The molecule has 0 spiro atoms. The Morgan fingerprint density at radius 1 is 1.14 bits per heavy atom. The number of hydrogen-bond acceptors (Lipinski definition) is 4. The van der Waals surface area contributed by atoms with Crippen LogP contribution in [-0.2, 0) is 4.79 Å². The van der Waals surface area contributed by atoms with Crippen molar-refractivity contribution in [2.75, 3.05) is 7.05 Å². The lowest BCUT2D eigenvalue weighted by atomic mass is 10.1. The van der Waals surface area contributed by atoms with Crippen molar-refractivity contribution in [3.63, 3.8) is 0 Å². The van der Waals surface area contributed by atoms with Gasteiger partial charge in [0.25, 0.3) is 5.91 Å². The standard InChI is InChI=1S/C16H13NOS3/c1-10-3-5-11(6-4-10)13-8-7-12(20-13)9-14-15(18)17(2)16(19)21-14/h3-9H,1-2H3. The topological polar surface area (TPSA) is 20.3 Å². The largest absolute Gasteiger partial charge is 0.296 e. The van der Waals surface area contributed by atoms with Crippen molar-refractivity contribution >= 4 is 51.6 Å². The van der Waals surface area contributed by atoms with Crippen LogP contribution in [0.15, 0.2) is 41.3 Å². The number of rotatable bonds is 2. The highest BCUT2D eigenvalue weighted by atomic mass is 32.2. The fraction of sp³-hybridized carbons (Fsp3) is 0.125. The highest BCUT2D eigenvalue weighted by Crippen LogP contribution is 2.34. The smallest absolute Gasteiger partial charge is 0.265 e. The van der Waals surface area contributed by atoms with E-state index in [9.17, 15) is 4.79 Å². The van der Waals surface area contributed by atoms with Crippen LogP contribution in [0, 0.1) is 6.92 Å². The summed E-state index contributed by atoms with van der Waals surface area (Å²) in [6.45, 7) is 2.08. The van der Waals surface area contributed by atoms with Crippen molar-refractivity contribution in [3.05, 3.63) is 51.7 Å². The summed E-state index contributed by atoms with van der Waals surface area (Å²) in [6, 6.07) is 12.6. The van der Waals surface area contributed by atoms with Gasteiger partial charge in [-0.1, -0.05) is 53.8 Å². The summed E-state index contributed by atoms with van der Waals surface area (Å²) in [6.07, 6.45) is 1.92. The van der Waals surface area contributed by atoms with Gasteiger partial charge in [-0.05, 0) is 30.7 Å². The Kier molecular flexibility index (Phi) is 3.97. The molecule has 1 aliphatic rings. The van der Waals surface area contributed by atoms with Crippen LogP contribution in [0.1, 0.15) is 10.4 Å². The van der Waals surface area contributed by atoms with E-state index >= 15 is 0 Å². The maximum Gasteiger partial charge on any atom is 0.265 e. The molecule has 0 atom stereocenters. The zero-order valence-corrected chi connectivity index (χ0v) is 14.1. The zero-order valence-electron chi connectivity index (χ0n) is 11.6. The molecule has 0 unspecified atom stereocenters. The van der Waals surface area contributed by atoms with E-state index in [1.807, 2.05) is 12.1 Å². The van der Waals surface area contributed by atoms with E-state index in [1.54, 1.807) is 18.4 Å². The van der Waals surface area contributed by atoms with Crippen LogP contribution in [0.4, 0.5) is 0 Å². The van der Waals surface area contributed by atoms with E-state index in [0.717, 1.165) is 4.88 Å². The Bertz CT molecular complexity index is 743. The van der Waals surface area contributed by atoms with Crippen LogP contribution in [0.2, 0.25) is 0 Å². The first-order valence-corrected chi connectivity index (χ1v) is 8.47. The third kappa shape index (κ3) is 2.95. The summed E-state index contributed by atoms with van der Waals surface area (Å²) in [4.78, 5) is 16.5. The van der Waals surface area contributed by atoms with Crippen molar-refractivity contribution < 1.29 is 4.79 Å². The van der Waals surface area contributed by atoms with Crippen molar-refractivity contribution in [2.24, 2.45) is 0 Å². The number of thiophene rings is 1. The average molecular weight is 331 g/mol. The van der Waals surface area contributed by atoms with Gasteiger partial charge in [0.05, 0.1) is 4.91 Å². The molecular formula is C16H13NOS3. The minimum absolute atomic E-state index is 0.0183. The molecule has 1 aromatic heterocycles. The van der Waals surface area contributed by atoms with Crippen molar-refractivity contribution in [1.29, 1.82) is 0 Å². The number of nitrogens with zero attached hydrogens (tertiary/aromatic N) is 1. The maximum atomic E-state index is 12.0. The SMILES string of the molecule is Cc1ccc(-c2ccc(C=C3SC(=S)N(C)C3=O)s2)cc1. The molecule has 5 heteroatoms. The molecule has 1 aromatic carbocycles. The number of carbonyl (C=O) groups excluding carboxylic acids is 1. The van der Waals surface area contributed by atoms with Crippen LogP contribution >= 0.6 is 35.3 Å². The lowest BCUT2D eigenvalue weighted by Crippen LogP contribution is -2.22. The number of thioether (sulfide) groups is 1. The Hall–Kier alpha value is -1.43. The second-order valence-corrected chi connectivity index (χ2v) is 7.60. The summed E-state index contributed by atoms with van der Waals surface area (Å²) in [5, 5.41) is 0. The van der Waals surface area contributed by atoms with Gasteiger partial charge in [0.15, 0.2) is 0 Å². The number of hydrogen-bond donors (Lipinski definition) is 0. The quantitative estimate of drug-likeness (QED) is 0.594. The number of thiocarbonyl (C=S) groups is 1. The van der Waals surface area contributed by atoms with E-state index in [-0.39, 0.29) is 5.91 Å². The first-order chi connectivity index (χ1) is 10.0. The van der Waals surface area contributed by atoms with Crippen LogP contribution in [0.3, 0.4) is 0 Å². The van der Waals surface area contributed by atoms with Crippen LogP contribution < -0.4 is 0 Å². The summed E-state index contributed by atoms with van der Waals surface area (Å²) >= 11 is 8.18. The van der Waals surface area contributed by atoms with Crippen molar-refractivity contribution in [2.45, 2.75) is 6.92 Å². The summed E-state index contributed by atoms with van der Waals surface area (Å²) < 4.78 is 0.613. The van der Waals surface area contributed by atoms with Gasteiger partial charge in [-0.2, -0.15) is 0 Å². The fourth-order valence-corrected chi connectivity index (χ4v) is 4.18. The molecule has 106 valence electrons. The van der Waals surface area contributed by atoms with Gasteiger partial charge in [0.2, 0.25) is 0 Å². The maximum absolute atomic E-state index is 12.0. The Morgan fingerprint density at radius 3 is 2.48 bits per heavy atom. The van der Waals surface area contributed by atoms with Gasteiger partial charge in [-0.15, -0.1) is 11.3 Å².